The molecule has 0 aromatic heterocycles. The van der Waals surface area contributed by atoms with Crippen LogP contribution in [0.25, 0.3) is 0 Å². The Labute approximate surface area is 111 Å². The normalized spacial score (nSPS) is 12.3. The average Bonchev–Trinajstić information content (AvgIpc) is 2.35. The van der Waals surface area contributed by atoms with E-state index in [0.29, 0.717) is 12.5 Å². The van der Waals surface area contributed by atoms with Crippen LogP contribution in [-0.2, 0) is 11.2 Å². The quantitative estimate of drug-likeness (QED) is 0.780. The molecule has 0 spiro atoms. The van der Waals surface area contributed by atoms with Crippen LogP contribution in [0, 0.1) is 13.8 Å². The zero-order valence-corrected chi connectivity index (χ0v) is 12.3. The minimum atomic E-state index is 0.240. The first kappa shape index (κ1) is 14.7. The fraction of sp³-hybridized carbons (Fsp3) is 0.562. The highest BCUT2D eigenvalue weighted by molar-refractivity contribution is 5.76. The summed E-state index contributed by atoms with van der Waals surface area (Å²) in [5.74, 6) is 0.240. The average molecular weight is 247 g/mol. The molecule has 1 aromatic carbocycles. The van der Waals surface area contributed by atoms with Gasteiger partial charge in [0.2, 0.25) is 5.91 Å². The molecule has 0 radical (unpaired) electrons. The summed E-state index contributed by atoms with van der Waals surface area (Å²) in [6, 6.07) is 6.77. The SMILES string of the molecule is CCC(C)N(C)C(=O)CCc1ccc(C)cc1C. The van der Waals surface area contributed by atoms with Crippen molar-refractivity contribution in [2.75, 3.05) is 7.05 Å². The van der Waals surface area contributed by atoms with Crippen LogP contribution < -0.4 is 0 Å². The number of amides is 1. The van der Waals surface area contributed by atoms with Gasteiger partial charge in [-0.15, -0.1) is 0 Å². The monoisotopic (exact) mass is 247 g/mol. The van der Waals surface area contributed by atoms with E-state index in [0.717, 1.165) is 12.8 Å². The number of nitrogens with zero attached hydrogens (tertiary/aromatic N) is 1. The molecule has 2 heteroatoms. The molecule has 0 saturated heterocycles. The van der Waals surface area contributed by atoms with Crippen molar-refractivity contribution in [1.29, 1.82) is 0 Å². The summed E-state index contributed by atoms with van der Waals surface area (Å²) in [5, 5.41) is 0. The first-order valence-electron chi connectivity index (χ1n) is 6.77. The highest BCUT2D eigenvalue weighted by Gasteiger charge is 2.14. The van der Waals surface area contributed by atoms with Gasteiger partial charge in [0, 0.05) is 19.5 Å². The highest BCUT2D eigenvalue weighted by atomic mass is 16.2. The minimum absolute atomic E-state index is 0.240. The van der Waals surface area contributed by atoms with Gasteiger partial charge in [-0.05, 0) is 44.7 Å². The van der Waals surface area contributed by atoms with Crippen molar-refractivity contribution < 1.29 is 4.79 Å². The molecule has 2 nitrogen and oxygen atoms in total. The molecule has 0 bridgehead atoms. The number of benzene rings is 1. The Hall–Kier alpha value is -1.31. The maximum absolute atomic E-state index is 12.0. The molecule has 1 amide bonds. The van der Waals surface area contributed by atoms with E-state index in [1.165, 1.54) is 16.7 Å². The van der Waals surface area contributed by atoms with Crippen molar-refractivity contribution in [2.45, 2.75) is 53.0 Å². The molecule has 1 rings (SSSR count). The lowest BCUT2D eigenvalue weighted by Gasteiger charge is -2.24. The molecule has 18 heavy (non-hydrogen) atoms. The summed E-state index contributed by atoms with van der Waals surface area (Å²) in [6.07, 6.45) is 2.45. The molecule has 1 atom stereocenters. The lowest BCUT2D eigenvalue weighted by Crippen LogP contribution is -2.34. The molecule has 0 aliphatic heterocycles. The number of aryl methyl sites for hydroxylation is 3. The van der Waals surface area contributed by atoms with Crippen molar-refractivity contribution in [2.24, 2.45) is 0 Å². The Balaban J connectivity index is 2.57. The summed E-state index contributed by atoms with van der Waals surface area (Å²) < 4.78 is 0. The van der Waals surface area contributed by atoms with Crippen LogP contribution in [0.3, 0.4) is 0 Å². The van der Waals surface area contributed by atoms with Gasteiger partial charge < -0.3 is 4.90 Å². The lowest BCUT2D eigenvalue weighted by atomic mass is 10.0. The number of carbonyl (C=O) groups excluding carboxylic acids is 1. The Morgan fingerprint density at radius 2 is 2.00 bits per heavy atom. The predicted octanol–water partition coefficient (Wildman–Crippen LogP) is 3.49. The second kappa shape index (κ2) is 6.58. The van der Waals surface area contributed by atoms with Crippen molar-refractivity contribution >= 4 is 5.91 Å². The third-order valence-corrected chi connectivity index (χ3v) is 3.75. The summed E-state index contributed by atoms with van der Waals surface area (Å²) in [4.78, 5) is 13.9. The van der Waals surface area contributed by atoms with Gasteiger partial charge in [0.15, 0.2) is 0 Å². The molecule has 0 aliphatic carbocycles. The topological polar surface area (TPSA) is 20.3 Å². The summed E-state index contributed by atoms with van der Waals surface area (Å²) in [6.45, 7) is 8.41. The minimum Gasteiger partial charge on any atom is -0.343 e. The Bertz CT molecular complexity index is 412. The molecule has 100 valence electrons. The molecule has 0 N–H and O–H groups in total. The molecule has 0 aliphatic rings. The third kappa shape index (κ3) is 3.86. The van der Waals surface area contributed by atoms with Crippen LogP contribution in [-0.4, -0.2) is 23.9 Å². The fourth-order valence-electron chi connectivity index (χ4n) is 2.06. The van der Waals surface area contributed by atoms with E-state index in [4.69, 9.17) is 0 Å². The summed E-state index contributed by atoms with van der Waals surface area (Å²) in [5.41, 5.74) is 3.85. The van der Waals surface area contributed by atoms with Crippen LogP contribution in [0.4, 0.5) is 0 Å². The van der Waals surface area contributed by atoms with Crippen LogP contribution >= 0.6 is 0 Å². The van der Waals surface area contributed by atoms with Gasteiger partial charge in [-0.2, -0.15) is 0 Å². The molecular formula is C16H25NO. The Morgan fingerprint density at radius 3 is 2.56 bits per heavy atom. The van der Waals surface area contributed by atoms with Crippen LogP contribution in [0.5, 0.6) is 0 Å². The van der Waals surface area contributed by atoms with Crippen molar-refractivity contribution in [3.8, 4) is 0 Å². The number of hydrogen-bond acceptors (Lipinski definition) is 1. The zero-order chi connectivity index (χ0) is 13.7. The van der Waals surface area contributed by atoms with E-state index in [1.807, 2.05) is 11.9 Å². The predicted molar refractivity (Wildman–Crippen MR) is 76.8 cm³/mol. The van der Waals surface area contributed by atoms with Crippen molar-refractivity contribution in [1.82, 2.24) is 4.90 Å². The highest BCUT2D eigenvalue weighted by Crippen LogP contribution is 2.13. The van der Waals surface area contributed by atoms with Gasteiger partial charge in [0.05, 0.1) is 0 Å². The first-order valence-corrected chi connectivity index (χ1v) is 6.77. The van der Waals surface area contributed by atoms with Crippen molar-refractivity contribution in [3.63, 3.8) is 0 Å². The first-order chi connectivity index (χ1) is 8.45. The van der Waals surface area contributed by atoms with E-state index < -0.39 is 0 Å². The van der Waals surface area contributed by atoms with Gasteiger partial charge in [0.25, 0.3) is 0 Å². The smallest absolute Gasteiger partial charge is 0.222 e. The number of rotatable bonds is 5. The third-order valence-electron chi connectivity index (χ3n) is 3.75. The number of carbonyl (C=O) groups is 1. The van der Waals surface area contributed by atoms with Gasteiger partial charge in [-0.25, -0.2) is 0 Å². The van der Waals surface area contributed by atoms with Gasteiger partial charge in [-0.1, -0.05) is 30.7 Å². The molecule has 0 heterocycles. The molecule has 0 saturated carbocycles. The number of hydrogen-bond donors (Lipinski definition) is 0. The molecule has 1 aromatic rings. The Morgan fingerprint density at radius 1 is 1.33 bits per heavy atom. The van der Waals surface area contributed by atoms with Crippen LogP contribution in [0.2, 0.25) is 0 Å². The van der Waals surface area contributed by atoms with E-state index in [2.05, 4.69) is 45.9 Å². The second-order valence-corrected chi connectivity index (χ2v) is 5.19. The van der Waals surface area contributed by atoms with E-state index in [-0.39, 0.29) is 5.91 Å². The van der Waals surface area contributed by atoms with E-state index in [9.17, 15) is 4.79 Å². The lowest BCUT2D eigenvalue weighted by molar-refractivity contribution is -0.131. The maximum Gasteiger partial charge on any atom is 0.222 e. The van der Waals surface area contributed by atoms with Gasteiger partial charge in [0.1, 0.15) is 0 Å². The largest absolute Gasteiger partial charge is 0.343 e. The van der Waals surface area contributed by atoms with Crippen molar-refractivity contribution in [3.05, 3.63) is 34.9 Å². The standard InChI is InChI=1S/C16H25NO/c1-6-14(4)17(5)16(18)10-9-15-8-7-12(2)11-13(15)3/h7-8,11,14H,6,9-10H2,1-5H3. The van der Waals surface area contributed by atoms with Crippen LogP contribution in [0.1, 0.15) is 43.4 Å². The van der Waals surface area contributed by atoms with Crippen LogP contribution in [0.15, 0.2) is 18.2 Å². The van der Waals surface area contributed by atoms with E-state index >= 15 is 0 Å². The fourth-order valence-corrected chi connectivity index (χ4v) is 2.06. The summed E-state index contributed by atoms with van der Waals surface area (Å²) in [7, 11) is 1.90. The van der Waals surface area contributed by atoms with E-state index in [1.54, 1.807) is 0 Å². The summed E-state index contributed by atoms with van der Waals surface area (Å²) >= 11 is 0. The second-order valence-electron chi connectivity index (χ2n) is 5.19. The Kier molecular flexibility index (Phi) is 5.39. The maximum atomic E-state index is 12.0. The van der Waals surface area contributed by atoms with Gasteiger partial charge >= 0.3 is 0 Å². The van der Waals surface area contributed by atoms with Gasteiger partial charge in [-0.3, -0.25) is 4.79 Å². The molecular weight excluding hydrogens is 222 g/mol. The molecule has 0 fully saturated rings. The molecule has 1 unspecified atom stereocenters. The zero-order valence-electron chi connectivity index (χ0n) is 12.3.